The van der Waals surface area contributed by atoms with Crippen LogP contribution < -0.4 is 21.3 Å². The molecule has 0 aliphatic carbocycles. The van der Waals surface area contributed by atoms with Gasteiger partial charge in [0.1, 0.15) is 42.4 Å². The smallest absolute Gasteiger partial charge is 0.222 e. The van der Waals surface area contributed by atoms with Crippen molar-refractivity contribution in [2.45, 2.75) is 190 Å². The van der Waals surface area contributed by atoms with Gasteiger partial charge in [-0.1, -0.05) is 20.8 Å². The predicted octanol–water partition coefficient (Wildman–Crippen LogP) is -2.86. The summed E-state index contributed by atoms with van der Waals surface area (Å²) in [6.45, 7) is 4.72. The molecule has 0 aromatic heterocycles. The number of aliphatic hydroxyl groups is 9. The normalized spacial score (nSPS) is 31.0. The number of hydrogen-bond donors (Lipinski definition) is 13. The first-order valence-electron chi connectivity index (χ1n) is 26.2. The molecule has 3 saturated heterocycles. The van der Waals surface area contributed by atoms with Gasteiger partial charge in [0.15, 0.2) is 18.9 Å². The van der Waals surface area contributed by atoms with Crippen molar-refractivity contribution in [1.82, 2.24) is 21.3 Å². The molecule has 3 fully saturated rings. The quantitative estimate of drug-likeness (QED) is 0.0281. The topological polar surface area (TPSA) is 380 Å². The monoisotopic (exact) mass is 1070 g/mol. The lowest BCUT2D eigenvalue weighted by atomic mass is 9.83. The van der Waals surface area contributed by atoms with Crippen LogP contribution in [0.15, 0.2) is 0 Å². The summed E-state index contributed by atoms with van der Waals surface area (Å²) >= 11 is 0. The van der Waals surface area contributed by atoms with Crippen LogP contribution in [0.4, 0.5) is 0 Å². The predicted molar refractivity (Wildman–Crippen MR) is 260 cm³/mol. The van der Waals surface area contributed by atoms with Gasteiger partial charge in [-0.3, -0.25) is 24.0 Å². The van der Waals surface area contributed by atoms with Crippen LogP contribution in [0.2, 0.25) is 0 Å². The highest BCUT2D eigenvalue weighted by molar-refractivity contribution is 5.83. The Morgan fingerprint density at radius 3 is 1.30 bits per heavy atom. The van der Waals surface area contributed by atoms with Crippen molar-refractivity contribution in [3.63, 3.8) is 0 Å². The van der Waals surface area contributed by atoms with Crippen LogP contribution in [0.25, 0.3) is 0 Å². The number of nitrogens with one attached hydrogen (secondary N) is 4. The average Bonchev–Trinajstić information content (AvgIpc) is 3.38. The summed E-state index contributed by atoms with van der Waals surface area (Å²) in [4.78, 5) is 66.9. The number of carbonyl (C=O) groups excluding carboxylic acids is 5. The van der Waals surface area contributed by atoms with Crippen molar-refractivity contribution in [2.24, 2.45) is 17.8 Å². The molecule has 0 aromatic rings. The van der Waals surface area contributed by atoms with Gasteiger partial charge < -0.3 is 100 Å². The Morgan fingerprint density at radius 2 is 0.851 bits per heavy atom. The summed E-state index contributed by atoms with van der Waals surface area (Å²) < 4.78 is 39.2. The van der Waals surface area contributed by atoms with Crippen LogP contribution in [0.3, 0.4) is 0 Å². The van der Waals surface area contributed by atoms with Crippen LogP contribution in [0.5, 0.6) is 0 Å². The molecule has 0 spiro atoms. The molecule has 7 unspecified atom stereocenters. The standard InChI is InChI=1S/C49H88N4O21/c1-29-40(62)43(65)33(26-54)72-46(29)69-22-6-5-11-32(57)14-16-49(53-38(60)13-7-12-36(58)50-18-8-21-68-4,25-39(61)52-20-10-24-71-48-31(3)42(64)45(67)35(28-56)74-48)17-15-37(59)51-19-9-23-70-47-30(2)41(63)44(66)34(27-55)73-47/h29-31,33-35,40-48,54-56,62-67H,5-28H2,1-4H3,(H,50,58)(H,51,59)(H,52,61)(H,53,60)/t29?,30?,31?,33?,34?,35?,40-,41-,42-,43+,44+,45+,46-,47-,48-,49?/m1/s1. The Bertz CT molecular complexity index is 1590. The van der Waals surface area contributed by atoms with Crippen LogP contribution in [0.1, 0.15) is 111 Å². The molecule has 25 nitrogen and oxygen atoms in total. The van der Waals surface area contributed by atoms with Gasteiger partial charge in [0.25, 0.3) is 0 Å². The van der Waals surface area contributed by atoms with Gasteiger partial charge in [-0.2, -0.15) is 0 Å². The summed E-state index contributed by atoms with van der Waals surface area (Å²) in [5.41, 5.74) is -1.42. The number of Topliss-reactive ketones (excluding diaryl/α,β-unsaturated/α-hetero) is 1. The van der Waals surface area contributed by atoms with E-state index in [1.165, 1.54) is 0 Å². The molecule has 3 aliphatic heterocycles. The number of rotatable bonds is 36. The maximum absolute atomic E-state index is 13.8. The number of carbonyl (C=O) groups is 5. The summed E-state index contributed by atoms with van der Waals surface area (Å²) in [7, 11) is 1.55. The number of aliphatic hydroxyl groups excluding tert-OH is 9. The molecule has 4 amide bonds. The molecule has 74 heavy (non-hydrogen) atoms. The fraction of sp³-hybridized carbons (Fsp3) is 0.898. The van der Waals surface area contributed by atoms with E-state index < -0.39 is 135 Å². The van der Waals surface area contributed by atoms with E-state index in [1.54, 1.807) is 27.9 Å². The lowest BCUT2D eigenvalue weighted by Gasteiger charge is -2.40. The lowest BCUT2D eigenvalue weighted by Crippen LogP contribution is -2.55. The van der Waals surface area contributed by atoms with E-state index in [9.17, 15) is 69.9 Å². The number of unbranched alkanes of at least 4 members (excludes halogenated alkanes) is 1. The molecular weight excluding hydrogens is 981 g/mol. The van der Waals surface area contributed by atoms with E-state index in [0.29, 0.717) is 38.8 Å². The van der Waals surface area contributed by atoms with Crippen LogP contribution in [-0.2, 0) is 57.1 Å². The molecule has 430 valence electrons. The zero-order valence-corrected chi connectivity index (χ0v) is 43.6. The molecule has 16 atom stereocenters. The second kappa shape index (κ2) is 34.6. The third kappa shape index (κ3) is 21.7. The zero-order chi connectivity index (χ0) is 54.8. The van der Waals surface area contributed by atoms with E-state index in [4.69, 9.17) is 33.2 Å². The minimum Gasteiger partial charge on any atom is -0.394 e. The minimum absolute atomic E-state index is 0.0338. The second-order valence-electron chi connectivity index (χ2n) is 19.8. The molecule has 0 radical (unpaired) electrons. The molecule has 3 aliphatic rings. The van der Waals surface area contributed by atoms with Gasteiger partial charge in [0, 0.05) is 102 Å². The number of ketones is 1. The Kier molecular flexibility index (Phi) is 30.5. The molecule has 3 heterocycles. The van der Waals surface area contributed by atoms with Gasteiger partial charge in [0.2, 0.25) is 23.6 Å². The van der Waals surface area contributed by atoms with Crippen molar-refractivity contribution >= 4 is 29.4 Å². The molecular formula is C49H88N4O21. The van der Waals surface area contributed by atoms with E-state index in [-0.39, 0.29) is 109 Å². The fourth-order valence-electron chi connectivity index (χ4n) is 8.94. The molecule has 3 rings (SSSR count). The zero-order valence-electron chi connectivity index (χ0n) is 43.6. The summed E-state index contributed by atoms with van der Waals surface area (Å²) in [6.07, 6.45) is -11.8. The number of methoxy groups -OCH3 is 1. The van der Waals surface area contributed by atoms with E-state index in [2.05, 4.69) is 21.3 Å². The van der Waals surface area contributed by atoms with Gasteiger partial charge in [0.05, 0.1) is 51.3 Å². The van der Waals surface area contributed by atoms with Crippen molar-refractivity contribution in [3.05, 3.63) is 0 Å². The lowest BCUT2D eigenvalue weighted by molar-refractivity contribution is -0.282. The van der Waals surface area contributed by atoms with Gasteiger partial charge in [-0.05, 0) is 51.4 Å². The highest BCUT2D eigenvalue weighted by Crippen LogP contribution is 2.30. The van der Waals surface area contributed by atoms with Crippen molar-refractivity contribution in [2.75, 3.05) is 73.0 Å². The summed E-state index contributed by atoms with van der Waals surface area (Å²) in [6, 6.07) is 0. The van der Waals surface area contributed by atoms with Crippen molar-refractivity contribution < 1.29 is 103 Å². The number of hydrogen-bond acceptors (Lipinski definition) is 21. The highest BCUT2D eigenvalue weighted by Gasteiger charge is 2.45. The number of ether oxygens (including phenoxy) is 7. The van der Waals surface area contributed by atoms with Crippen LogP contribution in [0, 0.1) is 17.8 Å². The molecule has 0 bridgehead atoms. The highest BCUT2D eigenvalue weighted by atomic mass is 16.7. The molecule has 0 saturated carbocycles. The maximum atomic E-state index is 13.8. The van der Waals surface area contributed by atoms with E-state index in [0.717, 1.165) is 0 Å². The summed E-state index contributed by atoms with van der Waals surface area (Å²) in [5.74, 6) is -3.71. The van der Waals surface area contributed by atoms with E-state index in [1.807, 2.05) is 0 Å². The fourth-order valence-corrected chi connectivity index (χ4v) is 8.94. The largest absolute Gasteiger partial charge is 0.394 e. The third-order valence-electron chi connectivity index (χ3n) is 13.8. The molecule has 25 heteroatoms. The Hall–Kier alpha value is -3.09. The van der Waals surface area contributed by atoms with Crippen LogP contribution >= 0.6 is 0 Å². The number of amides is 4. The van der Waals surface area contributed by atoms with Crippen LogP contribution in [-0.4, -0.2) is 228 Å². The average molecular weight is 1070 g/mol. The third-order valence-corrected chi connectivity index (χ3v) is 13.8. The second-order valence-corrected chi connectivity index (χ2v) is 19.8. The SMILES string of the molecule is COCCCNC(=O)CCCC(=O)NC(CCC(=O)CCCCO[C@@H]1OC(CO)[C@H](O)[C@H](O)C1C)(CCC(=O)NCCCO[C@@H]1OC(CO)[C@H](O)[C@H](O)C1C)CC(=O)NCCCO[C@@H]1OC(CO)[C@H](O)[C@H](O)C1C. The first kappa shape index (κ1) is 65.2. The molecule has 0 aromatic carbocycles. The first-order chi connectivity index (χ1) is 35.3. The maximum Gasteiger partial charge on any atom is 0.222 e. The van der Waals surface area contributed by atoms with Gasteiger partial charge in [-0.25, -0.2) is 0 Å². The Balaban J connectivity index is 1.69. The van der Waals surface area contributed by atoms with Gasteiger partial charge >= 0.3 is 0 Å². The Labute approximate surface area is 433 Å². The van der Waals surface area contributed by atoms with E-state index >= 15 is 0 Å². The first-order valence-corrected chi connectivity index (χ1v) is 26.2. The van der Waals surface area contributed by atoms with Crippen molar-refractivity contribution in [1.29, 1.82) is 0 Å². The van der Waals surface area contributed by atoms with Crippen molar-refractivity contribution in [3.8, 4) is 0 Å². The summed E-state index contributed by atoms with van der Waals surface area (Å²) in [5, 5.41) is 102. The minimum atomic E-state index is -1.42. The Morgan fingerprint density at radius 1 is 0.459 bits per heavy atom. The molecule has 13 N–H and O–H groups in total. The van der Waals surface area contributed by atoms with Gasteiger partial charge in [-0.15, -0.1) is 0 Å².